The lowest BCUT2D eigenvalue weighted by Crippen LogP contribution is -2.56. The van der Waals surface area contributed by atoms with Crippen LogP contribution in [0.1, 0.15) is 36.9 Å². The van der Waals surface area contributed by atoms with E-state index in [1.807, 2.05) is 48.5 Å². The van der Waals surface area contributed by atoms with E-state index in [1.54, 1.807) is 13.3 Å². The van der Waals surface area contributed by atoms with Crippen LogP contribution in [0.5, 0.6) is 11.8 Å². The first-order valence-corrected chi connectivity index (χ1v) is 18.6. The third-order valence-electron chi connectivity index (χ3n) is 11.0. The summed E-state index contributed by atoms with van der Waals surface area (Å²) in [5.41, 5.74) is 6.21. The van der Waals surface area contributed by atoms with Gasteiger partial charge in [-0.25, -0.2) is 9.97 Å². The second-order valence-electron chi connectivity index (χ2n) is 15.2. The van der Waals surface area contributed by atoms with Crippen LogP contribution in [0.4, 0.5) is 0 Å². The highest BCUT2D eigenvalue weighted by atomic mass is 35.5. The standard InChI is InChI=1S/C39H39Cl2N7O4/c1-51-36-23(15-47-19-38(20-47)12-32(49)43-17-38)8-11-29(45-36)27-6-2-4-25(34(27)40)26-5-3-7-28(35(26)41)30-14-42-31(37(46-30)52-24-9-10-24)16-48-21-39(22-48)13-33(50)44-18-39/h2-8,11,14,24H,9-10,12-13,15-22H2,1H3,(H,43,49)(H,44,50). The fourth-order valence-corrected chi connectivity index (χ4v) is 8.95. The summed E-state index contributed by atoms with van der Waals surface area (Å²) in [4.78, 5) is 42.9. The van der Waals surface area contributed by atoms with Gasteiger partial charge in [-0.3, -0.25) is 24.4 Å². The summed E-state index contributed by atoms with van der Waals surface area (Å²) in [6, 6.07) is 15.7. The van der Waals surface area contributed by atoms with Crippen molar-refractivity contribution < 1.29 is 19.1 Å². The van der Waals surface area contributed by atoms with E-state index in [0.29, 0.717) is 59.1 Å². The first-order chi connectivity index (χ1) is 25.2. The van der Waals surface area contributed by atoms with Crippen molar-refractivity contribution >= 4 is 35.0 Å². The van der Waals surface area contributed by atoms with Gasteiger partial charge in [-0.15, -0.1) is 0 Å². The molecular weight excluding hydrogens is 701 g/mol. The van der Waals surface area contributed by atoms with Crippen molar-refractivity contribution in [1.29, 1.82) is 0 Å². The van der Waals surface area contributed by atoms with Gasteiger partial charge in [-0.05, 0) is 18.9 Å². The number of nitrogens with zero attached hydrogens (tertiary/aromatic N) is 5. The average Bonchev–Trinajstić information content (AvgIpc) is 3.71. The van der Waals surface area contributed by atoms with Crippen LogP contribution < -0.4 is 20.1 Å². The van der Waals surface area contributed by atoms with Crippen molar-refractivity contribution in [3.05, 3.63) is 76.0 Å². The number of halogens is 2. The Morgan fingerprint density at radius 1 is 0.750 bits per heavy atom. The molecule has 0 bridgehead atoms. The molecule has 2 aromatic heterocycles. The molecule has 9 rings (SSSR count). The van der Waals surface area contributed by atoms with E-state index in [-0.39, 0.29) is 28.7 Å². The summed E-state index contributed by atoms with van der Waals surface area (Å²) in [6.07, 6.45) is 5.09. The molecule has 268 valence electrons. The number of pyridine rings is 1. The van der Waals surface area contributed by atoms with Gasteiger partial charge in [0.25, 0.3) is 0 Å². The highest BCUT2D eigenvalue weighted by Gasteiger charge is 2.49. The molecule has 2 N–H and O–H groups in total. The van der Waals surface area contributed by atoms with Crippen LogP contribution >= 0.6 is 23.2 Å². The lowest BCUT2D eigenvalue weighted by atomic mass is 9.79. The van der Waals surface area contributed by atoms with Gasteiger partial charge in [-0.1, -0.05) is 65.7 Å². The number of rotatable bonds is 10. The van der Waals surface area contributed by atoms with Gasteiger partial charge in [0.2, 0.25) is 23.6 Å². The average molecular weight is 741 g/mol. The molecule has 2 amide bonds. The summed E-state index contributed by atoms with van der Waals surface area (Å²) in [6.45, 7) is 6.22. The zero-order chi connectivity index (χ0) is 35.6. The van der Waals surface area contributed by atoms with Crippen molar-refractivity contribution in [3.63, 3.8) is 0 Å². The molecule has 5 fully saturated rings. The highest BCUT2D eigenvalue weighted by Crippen LogP contribution is 2.44. The molecule has 5 aliphatic rings. The first-order valence-electron chi connectivity index (χ1n) is 17.8. The first kappa shape index (κ1) is 33.5. The molecule has 0 unspecified atom stereocenters. The summed E-state index contributed by atoms with van der Waals surface area (Å²) < 4.78 is 12.0. The zero-order valence-corrected chi connectivity index (χ0v) is 30.4. The van der Waals surface area contributed by atoms with E-state index >= 15 is 0 Å². The summed E-state index contributed by atoms with van der Waals surface area (Å²) in [7, 11) is 1.63. The van der Waals surface area contributed by atoms with Gasteiger partial charge in [0.05, 0.1) is 34.7 Å². The molecule has 0 radical (unpaired) electrons. The number of hydrogen-bond acceptors (Lipinski definition) is 9. The predicted octanol–water partition coefficient (Wildman–Crippen LogP) is 5.37. The Morgan fingerprint density at radius 3 is 1.87 bits per heavy atom. The maximum atomic E-state index is 11.8. The van der Waals surface area contributed by atoms with Crippen LogP contribution in [-0.2, 0) is 22.7 Å². The second-order valence-corrected chi connectivity index (χ2v) is 16.0. The van der Waals surface area contributed by atoms with E-state index in [9.17, 15) is 9.59 Å². The van der Waals surface area contributed by atoms with Gasteiger partial charge in [0.1, 0.15) is 11.8 Å². The molecule has 13 heteroatoms. The Bertz CT molecular complexity index is 2100. The second kappa shape index (κ2) is 13.0. The molecule has 1 saturated carbocycles. The minimum atomic E-state index is 0.0370. The molecule has 0 atom stereocenters. The maximum Gasteiger partial charge on any atom is 0.237 e. The quantitative estimate of drug-likeness (QED) is 0.221. The van der Waals surface area contributed by atoms with Crippen LogP contribution in [0.2, 0.25) is 10.0 Å². The molecular formula is C39H39Cl2N7O4. The van der Waals surface area contributed by atoms with Crippen molar-refractivity contribution in [3.8, 4) is 45.4 Å². The van der Waals surface area contributed by atoms with Gasteiger partial charge in [0.15, 0.2) is 0 Å². The van der Waals surface area contributed by atoms with E-state index in [1.165, 1.54) is 0 Å². The van der Waals surface area contributed by atoms with E-state index in [2.05, 4.69) is 20.4 Å². The zero-order valence-electron chi connectivity index (χ0n) is 28.9. The lowest BCUT2D eigenvalue weighted by Gasteiger charge is -2.47. The highest BCUT2D eigenvalue weighted by molar-refractivity contribution is 6.39. The minimum Gasteiger partial charge on any atom is -0.481 e. The van der Waals surface area contributed by atoms with Crippen LogP contribution in [-0.4, -0.2) is 89.0 Å². The number of likely N-dealkylation sites (tertiary alicyclic amines) is 2. The van der Waals surface area contributed by atoms with Crippen molar-refractivity contribution in [2.75, 3.05) is 46.4 Å². The number of carbonyl (C=O) groups is 2. The molecule has 1 aliphatic carbocycles. The lowest BCUT2D eigenvalue weighted by molar-refractivity contribution is -0.121. The largest absolute Gasteiger partial charge is 0.481 e. The van der Waals surface area contributed by atoms with Crippen LogP contribution in [0.3, 0.4) is 0 Å². The van der Waals surface area contributed by atoms with E-state index < -0.39 is 0 Å². The number of carbonyl (C=O) groups excluding carboxylic acids is 2. The van der Waals surface area contributed by atoms with Crippen molar-refractivity contribution in [2.45, 2.75) is 44.9 Å². The minimum absolute atomic E-state index is 0.0370. The predicted molar refractivity (Wildman–Crippen MR) is 197 cm³/mol. The molecule has 6 heterocycles. The molecule has 52 heavy (non-hydrogen) atoms. The number of hydrogen-bond donors (Lipinski definition) is 2. The Hall–Kier alpha value is -4.29. The van der Waals surface area contributed by atoms with Crippen LogP contribution in [0, 0.1) is 10.8 Å². The van der Waals surface area contributed by atoms with Gasteiger partial charge < -0.3 is 20.1 Å². The monoisotopic (exact) mass is 739 g/mol. The fraction of sp³-hybridized carbons (Fsp3) is 0.410. The number of amides is 2. The smallest absolute Gasteiger partial charge is 0.237 e. The fourth-order valence-electron chi connectivity index (χ4n) is 8.30. The maximum absolute atomic E-state index is 11.8. The molecule has 4 saturated heterocycles. The van der Waals surface area contributed by atoms with Gasteiger partial charge in [-0.2, -0.15) is 0 Å². The number of ether oxygens (including phenoxy) is 2. The van der Waals surface area contributed by atoms with Gasteiger partial charge >= 0.3 is 0 Å². The Balaban J connectivity index is 0.956. The Labute approximate surface area is 312 Å². The topological polar surface area (TPSA) is 122 Å². The number of aromatic nitrogens is 3. The molecule has 4 aromatic rings. The number of benzene rings is 2. The summed E-state index contributed by atoms with van der Waals surface area (Å²) in [5, 5.41) is 6.97. The van der Waals surface area contributed by atoms with Crippen LogP contribution in [0.25, 0.3) is 33.6 Å². The normalized spacial score (nSPS) is 20.4. The number of methoxy groups -OCH3 is 1. The summed E-state index contributed by atoms with van der Waals surface area (Å²) >= 11 is 14.3. The molecule has 2 spiro atoms. The third kappa shape index (κ3) is 6.27. The van der Waals surface area contributed by atoms with Crippen molar-refractivity contribution in [2.24, 2.45) is 10.8 Å². The Morgan fingerprint density at radius 2 is 1.31 bits per heavy atom. The molecule has 11 nitrogen and oxygen atoms in total. The number of nitrogens with one attached hydrogen (secondary N) is 2. The van der Waals surface area contributed by atoms with E-state index in [4.69, 9.17) is 47.6 Å². The van der Waals surface area contributed by atoms with E-state index in [0.717, 1.165) is 85.6 Å². The summed E-state index contributed by atoms with van der Waals surface area (Å²) in [5.74, 6) is 1.35. The Kier molecular flexibility index (Phi) is 8.37. The molecule has 2 aromatic carbocycles. The van der Waals surface area contributed by atoms with Crippen LogP contribution in [0.15, 0.2) is 54.7 Å². The van der Waals surface area contributed by atoms with Gasteiger partial charge in [0, 0.05) is 104 Å². The third-order valence-corrected chi connectivity index (χ3v) is 11.8. The molecule has 4 aliphatic heterocycles. The SMILES string of the molecule is COc1nc(-c2cccc(-c3cccc(-c4cnc(CN5CC6(CNC(=O)C6)C5)c(OC5CC5)n4)c3Cl)c2Cl)ccc1CN1CC2(CNC(=O)C2)C1. The van der Waals surface area contributed by atoms with Crippen molar-refractivity contribution in [1.82, 2.24) is 35.4 Å².